The van der Waals surface area contributed by atoms with Gasteiger partial charge in [0, 0.05) is 56.5 Å². The Bertz CT molecular complexity index is 1050. The van der Waals surface area contributed by atoms with E-state index in [0.29, 0.717) is 19.1 Å². The van der Waals surface area contributed by atoms with Crippen molar-refractivity contribution in [3.8, 4) is 5.75 Å². The SMILES string of the molecule is CC(C)c1ccc(OCCc2cc([C@H]3CCN(C(=O)c4ccc(N(C)C)cc4)C3)n[nH]2)cc1. The van der Waals surface area contributed by atoms with Gasteiger partial charge >= 0.3 is 0 Å². The van der Waals surface area contributed by atoms with Crippen LogP contribution in [0.2, 0.25) is 0 Å². The van der Waals surface area contributed by atoms with Crippen molar-refractivity contribution < 1.29 is 9.53 Å². The van der Waals surface area contributed by atoms with Crippen LogP contribution in [0.4, 0.5) is 5.69 Å². The summed E-state index contributed by atoms with van der Waals surface area (Å²) in [5, 5.41) is 7.68. The molecule has 2 heterocycles. The maximum absolute atomic E-state index is 12.9. The van der Waals surface area contributed by atoms with Crippen LogP contribution in [0.1, 0.15) is 59.4 Å². The first-order chi connectivity index (χ1) is 15.9. The lowest BCUT2D eigenvalue weighted by Gasteiger charge is -2.17. The average molecular weight is 447 g/mol. The van der Waals surface area contributed by atoms with Crippen LogP contribution in [0, 0.1) is 0 Å². The Morgan fingerprint density at radius 1 is 1.15 bits per heavy atom. The van der Waals surface area contributed by atoms with E-state index in [1.165, 1.54) is 5.56 Å². The van der Waals surface area contributed by atoms with Crippen molar-refractivity contribution >= 4 is 11.6 Å². The number of aromatic amines is 1. The second-order valence-electron chi connectivity index (χ2n) is 9.32. The number of ether oxygens (including phenoxy) is 1. The van der Waals surface area contributed by atoms with Crippen LogP contribution in [0.3, 0.4) is 0 Å². The number of hydrogen-bond acceptors (Lipinski definition) is 4. The maximum atomic E-state index is 12.9. The van der Waals surface area contributed by atoms with Gasteiger partial charge < -0.3 is 14.5 Å². The van der Waals surface area contributed by atoms with Gasteiger partial charge in [0.1, 0.15) is 5.75 Å². The van der Waals surface area contributed by atoms with Crippen molar-refractivity contribution in [2.45, 2.75) is 38.5 Å². The van der Waals surface area contributed by atoms with Crippen LogP contribution < -0.4 is 9.64 Å². The number of carbonyl (C=O) groups is 1. The van der Waals surface area contributed by atoms with E-state index in [4.69, 9.17) is 4.74 Å². The highest BCUT2D eigenvalue weighted by molar-refractivity contribution is 5.94. The van der Waals surface area contributed by atoms with Crippen molar-refractivity contribution in [1.29, 1.82) is 0 Å². The van der Waals surface area contributed by atoms with Gasteiger partial charge in [-0.2, -0.15) is 5.10 Å². The number of anilines is 1. The van der Waals surface area contributed by atoms with Crippen LogP contribution in [0.25, 0.3) is 0 Å². The molecule has 0 saturated carbocycles. The number of likely N-dealkylation sites (tertiary alicyclic amines) is 1. The highest BCUT2D eigenvalue weighted by atomic mass is 16.5. The highest BCUT2D eigenvalue weighted by Crippen LogP contribution is 2.28. The molecule has 6 heteroatoms. The third kappa shape index (κ3) is 5.56. The molecule has 33 heavy (non-hydrogen) atoms. The Morgan fingerprint density at radius 3 is 2.55 bits per heavy atom. The molecular formula is C27H34N4O2. The molecule has 1 aliphatic heterocycles. The fraction of sp³-hybridized carbons (Fsp3) is 0.407. The van der Waals surface area contributed by atoms with E-state index in [2.05, 4.69) is 42.2 Å². The number of nitrogens with one attached hydrogen (secondary N) is 1. The number of H-pyrrole nitrogens is 1. The van der Waals surface area contributed by atoms with Crippen molar-refractivity contribution in [3.05, 3.63) is 77.1 Å². The first kappa shape index (κ1) is 22.9. The molecule has 3 aromatic rings. The number of benzene rings is 2. The Kier molecular flexibility index (Phi) is 7.02. The molecule has 1 aliphatic rings. The summed E-state index contributed by atoms with van der Waals surface area (Å²) in [6.45, 7) is 6.44. The van der Waals surface area contributed by atoms with Gasteiger partial charge in [-0.1, -0.05) is 26.0 Å². The molecule has 1 amide bonds. The fourth-order valence-electron chi connectivity index (χ4n) is 4.22. The van der Waals surface area contributed by atoms with Crippen LogP contribution in [-0.2, 0) is 6.42 Å². The lowest BCUT2D eigenvalue weighted by molar-refractivity contribution is 0.0790. The number of amides is 1. The largest absolute Gasteiger partial charge is 0.493 e. The van der Waals surface area contributed by atoms with E-state index in [-0.39, 0.29) is 11.8 Å². The van der Waals surface area contributed by atoms with Gasteiger partial charge in [-0.15, -0.1) is 0 Å². The fourth-order valence-corrected chi connectivity index (χ4v) is 4.22. The molecule has 0 spiro atoms. The van der Waals surface area contributed by atoms with Crippen LogP contribution in [-0.4, -0.2) is 54.8 Å². The van der Waals surface area contributed by atoms with Crippen LogP contribution in [0.5, 0.6) is 5.75 Å². The Labute approximate surface area is 196 Å². The predicted molar refractivity (Wildman–Crippen MR) is 132 cm³/mol. The number of carbonyl (C=O) groups excluding carboxylic acids is 1. The molecule has 2 aromatic carbocycles. The molecule has 1 saturated heterocycles. The third-order valence-electron chi connectivity index (χ3n) is 6.36. The van der Waals surface area contributed by atoms with E-state index < -0.39 is 0 Å². The van der Waals surface area contributed by atoms with E-state index in [1.54, 1.807) is 0 Å². The molecule has 1 N–H and O–H groups in total. The van der Waals surface area contributed by atoms with E-state index in [1.807, 2.05) is 60.3 Å². The summed E-state index contributed by atoms with van der Waals surface area (Å²) < 4.78 is 5.90. The maximum Gasteiger partial charge on any atom is 0.253 e. The van der Waals surface area contributed by atoms with Crippen LogP contribution >= 0.6 is 0 Å². The number of rotatable bonds is 8. The Balaban J connectivity index is 1.27. The monoisotopic (exact) mass is 446 g/mol. The second-order valence-corrected chi connectivity index (χ2v) is 9.32. The summed E-state index contributed by atoms with van der Waals surface area (Å²) in [4.78, 5) is 16.9. The standard InChI is InChI=1S/C27H34N4O2/c1-19(2)20-7-11-25(12-8-20)33-16-14-23-17-26(29-28-23)22-13-15-31(18-22)27(32)21-5-9-24(10-6-21)30(3)4/h5-12,17,19,22H,13-16,18H2,1-4H3,(H,28,29)/t22-/m0/s1. The van der Waals surface area contributed by atoms with Crippen molar-refractivity contribution in [3.63, 3.8) is 0 Å². The zero-order valence-electron chi connectivity index (χ0n) is 20.0. The van der Waals surface area contributed by atoms with Gasteiger partial charge in [0.2, 0.25) is 0 Å². The lowest BCUT2D eigenvalue weighted by Crippen LogP contribution is -2.28. The quantitative estimate of drug-likeness (QED) is 0.537. The minimum absolute atomic E-state index is 0.0930. The van der Waals surface area contributed by atoms with Crippen molar-refractivity contribution in [2.75, 3.05) is 38.7 Å². The zero-order valence-corrected chi connectivity index (χ0v) is 20.0. The molecule has 174 valence electrons. The van der Waals surface area contributed by atoms with Gasteiger partial charge in [0.05, 0.1) is 12.3 Å². The first-order valence-corrected chi connectivity index (χ1v) is 11.7. The highest BCUT2D eigenvalue weighted by Gasteiger charge is 2.29. The van der Waals surface area contributed by atoms with Gasteiger partial charge in [0.25, 0.3) is 5.91 Å². The minimum Gasteiger partial charge on any atom is -0.493 e. The van der Waals surface area contributed by atoms with E-state index in [0.717, 1.165) is 47.8 Å². The average Bonchev–Trinajstić information content (AvgIpc) is 3.49. The molecule has 0 radical (unpaired) electrons. The molecule has 0 bridgehead atoms. The molecule has 6 nitrogen and oxygen atoms in total. The molecule has 4 rings (SSSR count). The summed E-state index contributed by atoms with van der Waals surface area (Å²) in [5.41, 5.74) is 5.24. The predicted octanol–water partition coefficient (Wildman–Crippen LogP) is 4.85. The summed E-state index contributed by atoms with van der Waals surface area (Å²) >= 11 is 0. The zero-order chi connectivity index (χ0) is 23.4. The normalized spacial score (nSPS) is 15.8. The Morgan fingerprint density at radius 2 is 1.88 bits per heavy atom. The minimum atomic E-state index is 0.0930. The van der Waals surface area contributed by atoms with Gasteiger partial charge in [-0.25, -0.2) is 0 Å². The topological polar surface area (TPSA) is 61.5 Å². The first-order valence-electron chi connectivity index (χ1n) is 11.7. The van der Waals surface area contributed by atoms with Gasteiger partial charge in [0.15, 0.2) is 0 Å². The van der Waals surface area contributed by atoms with E-state index in [9.17, 15) is 4.79 Å². The molecule has 1 atom stereocenters. The molecule has 1 fully saturated rings. The van der Waals surface area contributed by atoms with Crippen molar-refractivity contribution in [2.24, 2.45) is 0 Å². The molecule has 0 aliphatic carbocycles. The molecule has 1 aromatic heterocycles. The van der Waals surface area contributed by atoms with Crippen LogP contribution in [0.15, 0.2) is 54.6 Å². The summed E-state index contributed by atoms with van der Waals surface area (Å²) in [6.07, 6.45) is 1.71. The van der Waals surface area contributed by atoms with Gasteiger partial charge in [-0.05, 0) is 60.4 Å². The Hall–Kier alpha value is -3.28. The third-order valence-corrected chi connectivity index (χ3v) is 6.36. The summed E-state index contributed by atoms with van der Waals surface area (Å²) in [7, 11) is 3.99. The van der Waals surface area contributed by atoms with Crippen molar-refractivity contribution in [1.82, 2.24) is 15.1 Å². The summed E-state index contributed by atoms with van der Waals surface area (Å²) in [6, 6.07) is 18.2. The number of nitrogens with zero attached hydrogens (tertiary/aromatic N) is 3. The number of hydrogen-bond donors (Lipinski definition) is 1. The summed E-state index contributed by atoms with van der Waals surface area (Å²) in [5.74, 6) is 1.77. The molecular weight excluding hydrogens is 412 g/mol. The lowest BCUT2D eigenvalue weighted by atomic mass is 10.0. The molecule has 0 unspecified atom stereocenters. The second kappa shape index (κ2) is 10.1. The van der Waals surface area contributed by atoms with Gasteiger partial charge in [-0.3, -0.25) is 9.89 Å². The smallest absolute Gasteiger partial charge is 0.253 e. The van der Waals surface area contributed by atoms with E-state index >= 15 is 0 Å². The number of aromatic nitrogens is 2.